The molecule has 0 bridgehead atoms. The summed E-state index contributed by atoms with van der Waals surface area (Å²) in [6, 6.07) is 2.78. The van der Waals surface area contributed by atoms with E-state index >= 15 is 0 Å². The summed E-state index contributed by atoms with van der Waals surface area (Å²) in [5.41, 5.74) is -1.44. The first-order chi connectivity index (χ1) is 8.25. The number of nitrogens with one attached hydrogen (secondary N) is 1. The van der Waals surface area contributed by atoms with Crippen LogP contribution in [0.1, 0.15) is 26.3 Å². The Morgan fingerprint density at radius 2 is 1.83 bits per heavy atom. The average Bonchev–Trinajstić information content (AvgIpc) is 2.24. The van der Waals surface area contributed by atoms with Gasteiger partial charge in [-0.15, -0.1) is 0 Å². The van der Waals surface area contributed by atoms with Gasteiger partial charge in [-0.2, -0.15) is 0 Å². The summed E-state index contributed by atoms with van der Waals surface area (Å²) < 4.78 is 26.3. The van der Waals surface area contributed by atoms with Gasteiger partial charge in [0.15, 0.2) is 0 Å². The number of hydrogen-bond donors (Lipinski definition) is 2. The molecule has 2 N–H and O–H groups in total. The lowest BCUT2D eigenvalue weighted by atomic mass is 9.91. The van der Waals surface area contributed by atoms with Gasteiger partial charge in [-0.05, 0) is 37.1 Å². The Kier molecular flexibility index (Phi) is 4.40. The standard InChI is InChI=1S/C13H17F2NO2/c1-8(2)7-16-13(3,12(17)18)9-4-10(14)6-11(15)5-9/h4-6,8,16H,7H2,1-3H3,(H,17,18). The first-order valence-electron chi connectivity index (χ1n) is 5.70. The zero-order chi connectivity index (χ0) is 13.9. The van der Waals surface area contributed by atoms with Crippen molar-refractivity contribution in [3.8, 4) is 0 Å². The minimum atomic E-state index is -1.51. The minimum absolute atomic E-state index is 0.0631. The molecule has 0 amide bonds. The molecular formula is C13H17F2NO2. The highest BCUT2D eigenvalue weighted by atomic mass is 19.1. The van der Waals surface area contributed by atoms with Gasteiger partial charge in [0.1, 0.15) is 17.2 Å². The van der Waals surface area contributed by atoms with E-state index in [0.717, 1.165) is 12.1 Å². The summed E-state index contributed by atoms with van der Waals surface area (Å²) in [6.45, 7) is 5.66. The molecule has 1 aromatic rings. The molecule has 100 valence electrons. The second-order valence-corrected chi connectivity index (χ2v) is 4.86. The van der Waals surface area contributed by atoms with Crippen LogP contribution in [0.3, 0.4) is 0 Å². The predicted octanol–water partition coefficient (Wildman–Crippen LogP) is 2.51. The first kappa shape index (κ1) is 14.6. The van der Waals surface area contributed by atoms with E-state index in [9.17, 15) is 18.7 Å². The molecule has 1 rings (SSSR count). The second kappa shape index (κ2) is 5.44. The molecule has 5 heteroatoms. The maximum atomic E-state index is 13.2. The Labute approximate surface area is 105 Å². The van der Waals surface area contributed by atoms with Gasteiger partial charge in [-0.1, -0.05) is 13.8 Å². The summed E-state index contributed by atoms with van der Waals surface area (Å²) in [5.74, 6) is -2.53. The molecule has 0 saturated carbocycles. The second-order valence-electron chi connectivity index (χ2n) is 4.86. The van der Waals surface area contributed by atoms with E-state index in [2.05, 4.69) is 5.32 Å². The molecule has 1 unspecified atom stereocenters. The lowest BCUT2D eigenvalue weighted by Gasteiger charge is -2.28. The van der Waals surface area contributed by atoms with Crippen molar-refractivity contribution < 1.29 is 18.7 Å². The Morgan fingerprint density at radius 3 is 2.22 bits per heavy atom. The zero-order valence-corrected chi connectivity index (χ0v) is 10.6. The Bertz CT molecular complexity index is 428. The maximum Gasteiger partial charge on any atom is 0.328 e. The molecule has 0 fully saturated rings. The molecule has 18 heavy (non-hydrogen) atoms. The van der Waals surface area contributed by atoms with Crippen molar-refractivity contribution in [3.63, 3.8) is 0 Å². The number of carboxylic acids is 1. The van der Waals surface area contributed by atoms with Gasteiger partial charge in [0, 0.05) is 6.07 Å². The Balaban J connectivity index is 3.14. The number of benzene rings is 1. The molecule has 0 aliphatic rings. The third kappa shape index (κ3) is 3.26. The lowest BCUT2D eigenvalue weighted by Crippen LogP contribution is -2.48. The molecule has 0 heterocycles. The van der Waals surface area contributed by atoms with Crippen molar-refractivity contribution in [1.82, 2.24) is 5.32 Å². The zero-order valence-electron chi connectivity index (χ0n) is 10.6. The van der Waals surface area contributed by atoms with Crippen molar-refractivity contribution in [2.75, 3.05) is 6.54 Å². The molecule has 1 atom stereocenters. The SMILES string of the molecule is CC(C)CNC(C)(C(=O)O)c1cc(F)cc(F)c1. The highest BCUT2D eigenvalue weighted by molar-refractivity contribution is 5.80. The smallest absolute Gasteiger partial charge is 0.328 e. The van der Waals surface area contributed by atoms with Crippen molar-refractivity contribution in [1.29, 1.82) is 0 Å². The van der Waals surface area contributed by atoms with Crippen LogP contribution in [0.2, 0.25) is 0 Å². The summed E-state index contributed by atoms with van der Waals surface area (Å²) >= 11 is 0. The summed E-state index contributed by atoms with van der Waals surface area (Å²) in [7, 11) is 0. The van der Waals surface area contributed by atoms with E-state index in [1.54, 1.807) is 0 Å². The van der Waals surface area contributed by atoms with Crippen LogP contribution in [0.15, 0.2) is 18.2 Å². The summed E-state index contributed by atoms with van der Waals surface area (Å²) in [6.07, 6.45) is 0. The fraction of sp³-hybridized carbons (Fsp3) is 0.462. The summed E-state index contributed by atoms with van der Waals surface area (Å²) in [5, 5.41) is 12.1. The molecule has 0 aliphatic carbocycles. The lowest BCUT2D eigenvalue weighted by molar-refractivity contribution is -0.144. The van der Waals surface area contributed by atoms with Crippen LogP contribution >= 0.6 is 0 Å². The van der Waals surface area contributed by atoms with Crippen LogP contribution in [0.25, 0.3) is 0 Å². The third-order valence-electron chi connectivity index (χ3n) is 2.73. The maximum absolute atomic E-state index is 13.2. The predicted molar refractivity (Wildman–Crippen MR) is 64.2 cm³/mol. The van der Waals surface area contributed by atoms with Crippen LogP contribution in [-0.4, -0.2) is 17.6 Å². The van der Waals surface area contributed by atoms with Gasteiger partial charge in [-0.3, -0.25) is 5.32 Å². The van der Waals surface area contributed by atoms with Crippen LogP contribution in [0, 0.1) is 17.6 Å². The molecule has 3 nitrogen and oxygen atoms in total. The van der Waals surface area contributed by atoms with E-state index in [0.29, 0.717) is 12.6 Å². The van der Waals surface area contributed by atoms with Gasteiger partial charge in [0.25, 0.3) is 0 Å². The topological polar surface area (TPSA) is 49.3 Å². The van der Waals surface area contributed by atoms with Crippen molar-refractivity contribution in [3.05, 3.63) is 35.4 Å². The minimum Gasteiger partial charge on any atom is -0.480 e. The van der Waals surface area contributed by atoms with E-state index < -0.39 is 23.1 Å². The third-order valence-corrected chi connectivity index (χ3v) is 2.73. The molecule has 0 radical (unpaired) electrons. The van der Waals surface area contributed by atoms with E-state index in [1.165, 1.54) is 6.92 Å². The fourth-order valence-electron chi connectivity index (χ4n) is 1.55. The molecule has 0 saturated heterocycles. The number of halogens is 2. The number of hydrogen-bond acceptors (Lipinski definition) is 2. The molecule has 1 aromatic carbocycles. The Morgan fingerprint density at radius 1 is 1.33 bits per heavy atom. The quantitative estimate of drug-likeness (QED) is 0.852. The Hall–Kier alpha value is -1.49. The van der Waals surface area contributed by atoms with Crippen LogP contribution in [-0.2, 0) is 10.3 Å². The highest BCUT2D eigenvalue weighted by Crippen LogP contribution is 2.23. The number of carbonyl (C=O) groups is 1. The van der Waals surface area contributed by atoms with Gasteiger partial charge < -0.3 is 5.11 Å². The van der Waals surface area contributed by atoms with Crippen LogP contribution < -0.4 is 5.32 Å². The fourth-order valence-corrected chi connectivity index (χ4v) is 1.55. The number of carboxylic acid groups (broad SMARTS) is 1. The van der Waals surface area contributed by atoms with E-state index in [4.69, 9.17) is 0 Å². The van der Waals surface area contributed by atoms with Crippen molar-refractivity contribution in [2.24, 2.45) is 5.92 Å². The van der Waals surface area contributed by atoms with E-state index in [-0.39, 0.29) is 11.5 Å². The average molecular weight is 257 g/mol. The number of aliphatic carboxylic acids is 1. The van der Waals surface area contributed by atoms with Crippen molar-refractivity contribution in [2.45, 2.75) is 26.3 Å². The molecular weight excluding hydrogens is 240 g/mol. The molecule has 0 spiro atoms. The van der Waals surface area contributed by atoms with Gasteiger partial charge in [0.2, 0.25) is 0 Å². The highest BCUT2D eigenvalue weighted by Gasteiger charge is 2.35. The molecule has 0 aromatic heterocycles. The van der Waals surface area contributed by atoms with Crippen LogP contribution in [0.5, 0.6) is 0 Å². The van der Waals surface area contributed by atoms with Gasteiger partial charge >= 0.3 is 5.97 Å². The summed E-state index contributed by atoms with van der Waals surface area (Å²) in [4.78, 5) is 11.3. The van der Waals surface area contributed by atoms with Gasteiger partial charge in [0.05, 0.1) is 0 Å². The monoisotopic (exact) mass is 257 g/mol. The van der Waals surface area contributed by atoms with Crippen molar-refractivity contribution >= 4 is 5.97 Å². The van der Waals surface area contributed by atoms with E-state index in [1.807, 2.05) is 13.8 Å². The largest absolute Gasteiger partial charge is 0.480 e. The normalized spacial score (nSPS) is 14.6. The first-order valence-corrected chi connectivity index (χ1v) is 5.70. The van der Waals surface area contributed by atoms with Gasteiger partial charge in [-0.25, -0.2) is 13.6 Å². The molecule has 0 aliphatic heterocycles. The van der Waals surface area contributed by atoms with Crippen LogP contribution in [0.4, 0.5) is 8.78 Å². The number of rotatable bonds is 5.